The zero-order valence-corrected chi connectivity index (χ0v) is 12.6. The molecular formula is C17H21FN2O. The van der Waals surface area contributed by atoms with Crippen LogP contribution in [0.5, 0.6) is 5.75 Å². The van der Waals surface area contributed by atoms with Gasteiger partial charge in [0.15, 0.2) is 0 Å². The average Bonchev–Trinajstić information content (AvgIpc) is 2.44. The molecule has 0 amide bonds. The van der Waals surface area contributed by atoms with Crippen LogP contribution in [0.15, 0.2) is 42.5 Å². The molecule has 0 unspecified atom stereocenters. The highest BCUT2D eigenvalue weighted by Crippen LogP contribution is 2.32. The van der Waals surface area contributed by atoms with Crippen LogP contribution in [0.1, 0.15) is 20.8 Å². The third-order valence-corrected chi connectivity index (χ3v) is 3.13. The van der Waals surface area contributed by atoms with Crippen molar-refractivity contribution in [2.45, 2.75) is 26.9 Å². The van der Waals surface area contributed by atoms with Crippen LogP contribution in [0, 0.1) is 5.82 Å². The molecule has 0 aliphatic heterocycles. The Hall–Kier alpha value is -2.23. The molecule has 0 radical (unpaired) electrons. The van der Waals surface area contributed by atoms with Gasteiger partial charge in [-0.3, -0.25) is 0 Å². The molecule has 2 rings (SSSR count). The molecule has 0 aliphatic carbocycles. The second kappa shape index (κ2) is 6.48. The number of hydrogen-bond donors (Lipinski definition) is 1. The maximum absolute atomic E-state index is 13.1. The van der Waals surface area contributed by atoms with E-state index in [9.17, 15) is 4.39 Å². The highest BCUT2D eigenvalue weighted by molar-refractivity contribution is 5.69. The van der Waals surface area contributed by atoms with Gasteiger partial charge in [0.25, 0.3) is 0 Å². The van der Waals surface area contributed by atoms with E-state index >= 15 is 0 Å². The molecule has 0 atom stereocenters. The number of nitrogens with two attached hydrogens (primary N) is 1. The molecule has 3 nitrogen and oxygen atoms in total. The molecule has 21 heavy (non-hydrogen) atoms. The lowest BCUT2D eigenvalue weighted by molar-refractivity contribution is 0.244. The number of halogens is 1. The van der Waals surface area contributed by atoms with Crippen LogP contribution in [0.4, 0.5) is 21.5 Å². The van der Waals surface area contributed by atoms with Crippen molar-refractivity contribution in [1.82, 2.24) is 0 Å². The second-order valence-corrected chi connectivity index (χ2v) is 5.11. The fourth-order valence-electron chi connectivity index (χ4n) is 2.18. The molecule has 112 valence electrons. The standard InChI is InChI=1S/C17H21FN2O/c1-4-20(14-7-5-13(18)6-8-14)15-9-10-16(19)17(11-15)21-12(2)3/h5-12H,4,19H2,1-3H3. The first-order valence-corrected chi connectivity index (χ1v) is 7.10. The number of nitrogens with zero attached hydrogens (tertiary/aromatic N) is 1. The minimum Gasteiger partial charge on any atom is -0.489 e. The lowest BCUT2D eigenvalue weighted by Gasteiger charge is -2.24. The van der Waals surface area contributed by atoms with Gasteiger partial charge in [-0.05, 0) is 57.2 Å². The first-order valence-electron chi connectivity index (χ1n) is 7.10. The van der Waals surface area contributed by atoms with Gasteiger partial charge in [-0.2, -0.15) is 0 Å². The number of nitrogen functional groups attached to an aromatic ring is 1. The maximum atomic E-state index is 13.1. The van der Waals surface area contributed by atoms with E-state index in [0.29, 0.717) is 11.4 Å². The molecular weight excluding hydrogens is 267 g/mol. The number of ether oxygens (including phenoxy) is 1. The summed E-state index contributed by atoms with van der Waals surface area (Å²) in [6.07, 6.45) is 0.0587. The minimum absolute atomic E-state index is 0.0587. The fourth-order valence-corrected chi connectivity index (χ4v) is 2.18. The second-order valence-electron chi connectivity index (χ2n) is 5.11. The Bertz CT molecular complexity index is 596. The van der Waals surface area contributed by atoms with Crippen LogP contribution < -0.4 is 15.4 Å². The zero-order chi connectivity index (χ0) is 15.4. The van der Waals surface area contributed by atoms with Crippen LogP contribution in [0.3, 0.4) is 0 Å². The first kappa shape index (κ1) is 15.2. The van der Waals surface area contributed by atoms with Gasteiger partial charge >= 0.3 is 0 Å². The van der Waals surface area contributed by atoms with E-state index in [4.69, 9.17) is 10.5 Å². The van der Waals surface area contributed by atoms with Gasteiger partial charge in [0.2, 0.25) is 0 Å². The lowest BCUT2D eigenvalue weighted by atomic mass is 10.2. The van der Waals surface area contributed by atoms with Crippen LogP contribution in [0.2, 0.25) is 0 Å². The van der Waals surface area contributed by atoms with Gasteiger partial charge in [0.05, 0.1) is 11.8 Å². The summed E-state index contributed by atoms with van der Waals surface area (Å²) < 4.78 is 18.8. The van der Waals surface area contributed by atoms with Crippen molar-refractivity contribution in [3.63, 3.8) is 0 Å². The smallest absolute Gasteiger partial charge is 0.144 e. The van der Waals surface area contributed by atoms with Gasteiger partial charge in [-0.25, -0.2) is 4.39 Å². The predicted molar refractivity (Wildman–Crippen MR) is 85.7 cm³/mol. The summed E-state index contributed by atoms with van der Waals surface area (Å²) in [6, 6.07) is 12.1. The Morgan fingerprint density at radius 2 is 1.71 bits per heavy atom. The highest BCUT2D eigenvalue weighted by Gasteiger charge is 2.11. The maximum Gasteiger partial charge on any atom is 0.144 e. The van der Waals surface area contributed by atoms with Crippen LogP contribution in [-0.2, 0) is 0 Å². The molecule has 0 spiro atoms. The van der Waals surface area contributed by atoms with Gasteiger partial charge in [-0.1, -0.05) is 0 Å². The molecule has 0 bridgehead atoms. The Morgan fingerprint density at radius 1 is 1.10 bits per heavy atom. The fraction of sp³-hybridized carbons (Fsp3) is 0.294. The Morgan fingerprint density at radius 3 is 2.29 bits per heavy atom. The van der Waals surface area contributed by atoms with Gasteiger partial charge in [-0.15, -0.1) is 0 Å². The van der Waals surface area contributed by atoms with Gasteiger partial charge in [0.1, 0.15) is 11.6 Å². The summed E-state index contributed by atoms with van der Waals surface area (Å²) in [7, 11) is 0. The molecule has 0 aliphatic rings. The molecule has 0 saturated heterocycles. The molecule has 0 aromatic heterocycles. The monoisotopic (exact) mass is 288 g/mol. The molecule has 2 N–H and O–H groups in total. The van der Waals surface area contributed by atoms with E-state index in [1.54, 1.807) is 12.1 Å². The summed E-state index contributed by atoms with van der Waals surface area (Å²) in [4.78, 5) is 2.08. The number of rotatable bonds is 5. The van der Waals surface area contributed by atoms with E-state index < -0.39 is 0 Å². The Balaban J connectivity index is 2.36. The highest BCUT2D eigenvalue weighted by atomic mass is 19.1. The predicted octanol–water partition coefficient (Wildman–Crippen LogP) is 4.35. The summed E-state index contributed by atoms with van der Waals surface area (Å²) in [6.45, 7) is 6.73. The van der Waals surface area contributed by atoms with Crippen molar-refractivity contribution < 1.29 is 9.13 Å². The lowest BCUT2D eigenvalue weighted by Crippen LogP contribution is -2.16. The summed E-state index contributed by atoms with van der Waals surface area (Å²) in [5.41, 5.74) is 8.45. The summed E-state index contributed by atoms with van der Waals surface area (Å²) in [5, 5.41) is 0. The van der Waals surface area contributed by atoms with Crippen molar-refractivity contribution in [3.8, 4) is 5.75 Å². The van der Waals surface area contributed by atoms with Crippen LogP contribution in [0.25, 0.3) is 0 Å². The molecule has 4 heteroatoms. The quantitative estimate of drug-likeness (QED) is 0.831. The number of hydrogen-bond acceptors (Lipinski definition) is 3. The normalized spacial score (nSPS) is 10.7. The van der Waals surface area contributed by atoms with E-state index in [2.05, 4.69) is 4.90 Å². The molecule has 2 aromatic rings. The van der Waals surface area contributed by atoms with E-state index in [1.807, 2.05) is 39.0 Å². The number of benzene rings is 2. The van der Waals surface area contributed by atoms with Crippen molar-refractivity contribution in [2.75, 3.05) is 17.2 Å². The molecule has 2 aromatic carbocycles. The number of anilines is 3. The molecule has 0 fully saturated rings. The third-order valence-electron chi connectivity index (χ3n) is 3.13. The van der Waals surface area contributed by atoms with Crippen LogP contribution in [-0.4, -0.2) is 12.6 Å². The van der Waals surface area contributed by atoms with E-state index in [1.165, 1.54) is 12.1 Å². The topological polar surface area (TPSA) is 38.5 Å². The van der Waals surface area contributed by atoms with E-state index in [0.717, 1.165) is 17.9 Å². The minimum atomic E-state index is -0.240. The SMILES string of the molecule is CCN(c1ccc(F)cc1)c1ccc(N)c(OC(C)C)c1. The Kier molecular flexibility index (Phi) is 4.68. The van der Waals surface area contributed by atoms with Gasteiger partial charge < -0.3 is 15.4 Å². The van der Waals surface area contributed by atoms with Crippen molar-refractivity contribution in [3.05, 3.63) is 48.3 Å². The van der Waals surface area contributed by atoms with Gasteiger partial charge in [0, 0.05) is 24.0 Å². The molecule has 0 saturated carbocycles. The summed E-state index contributed by atoms with van der Waals surface area (Å²) >= 11 is 0. The van der Waals surface area contributed by atoms with Crippen LogP contribution >= 0.6 is 0 Å². The molecule has 0 heterocycles. The largest absolute Gasteiger partial charge is 0.489 e. The Labute approximate surface area is 125 Å². The third kappa shape index (κ3) is 3.66. The first-order chi connectivity index (χ1) is 10.0. The zero-order valence-electron chi connectivity index (χ0n) is 12.6. The average molecular weight is 288 g/mol. The van der Waals surface area contributed by atoms with Crippen molar-refractivity contribution >= 4 is 17.1 Å². The summed E-state index contributed by atoms with van der Waals surface area (Å²) in [5.74, 6) is 0.430. The van der Waals surface area contributed by atoms with Crippen molar-refractivity contribution in [1.29, 1.82) is 0 Å². The van der Waals surface area contributed by atoms with Crippen molar-refractivity contribution in [2.24, 2.45) is 0 Å². The van der Waals surface area contributed by atoms with E-state index in [-0.39, 0.29) is 11.9 Å².